The average Bonchev–Trinajstić information content (AvgIpc) is 3.31. The van der Waals surface area contributed by atoms with E-state index in [1.807, 2.05) is 19.1 Å². The van der Waals surface area contributed by atoms with Crippen LogP contribution in [0.25, 0.3) is 5.69 Å². The first-order valence-corrected chi connectivity index (χ1v) is 10.0. The Morgan fingerprint density at radius 2 is 2.12 bits per heavy atom. The van der Waals surface area contributed by atoms with Crippen LogP contribution in [0.15, 0.2) is 46.7 Å². The Morgan fingerprint density at radius 3 is 2.85 bits per heavy atom. The number of benzene rings is 1. The van der Waals surface area contributed by atoms with Crippen molar-refractivity contribution < 1.29 is 0 Å². The summed E-state index contributed by atoms with van der Waals surface area (Å²) in [7, 11) is 0. The Bertz CT molecular complexity index is 1000. The van der Waals surface area contributed by atoms with Crippen LogP contribution in [-0.4, -0.2) is 16.3 Å². The van der Waals surface area contributed by atoms with Crippen molar-refractivity contribution in [2.75, 3.05) is 11.4 Å². The smallest absolute Gasteiger partial charge is 0.292 e. The maximum absolute atomic E-state index is 12.8. The lowest BCUT2D eigenvalue weighted by atomic mass is 10.2. The summed E-state index contributed by atoms with van der Waals surface area (Å²) in [6.07, 6.45) is 3.80. The van der Waals surface area contributed by atoms with Crippen LogP contribution in [0.4, 0.5) is 5.69 Å². The third-order valence-corrected chi connectivity index (χ3v) is 6.47. The van der Waals surface area contributed by atoms with E-state index >= 15 is 0 Å². The number of nitrogens with zero attached hydrogens (tertiary/aromatic N) is 3. The van der Waals surface area contributed by atoms with Gasteiger partial charge in [-0.3, -0.25) is 4.79 Å². The standard InChI is InChI=1S/C19H17Cl2N3OS/c1-12-6-7-13(10-14(12)20)24-19(25)18(21)16(11-22-24)23-8-2-4-15(23)17-5-3-9-26-17/h3,5-7,9-11,15H,2,4,8H2,1H3. The Morgan fingerprint density at radius 1 is 1.27 bits per heavy atom. The minimum Gasteiger partial charge on any atom is -0.361 e. The SMILES string of the molecule is Cc1ccc(-n2ncc(N3CCCC3c3cccs3)c(Cl)c2=O)cc1Cl. The molecule has 0 spiro atoms. The first kappa shape index (κ1) is 17.6. The minimum atomic E-state index is -0.332. The molecule has 0 amide bonds. The zero-order valence-corrected chi connectivity index (χ0v) is 16.5. The summed E-state index contributed by atoms with van der Waals surface area (Å²) in [5, 5.41) is 7.22. The van der Waals surface area contributed by atoms with Gasteiger partial charge in [0.25, 0.3) is 5.56 Å². The lowest BCUT2D eigenvalue weighted by Gasteiger charge is -2.26. The molecule has 1 aliphatic rings. The number of aryl methyl sites for hydroxylation is 1. The molecule has 0 saturated carbocycles. The number of hydrogen-bond donors (Lipinski definition) is 0. The van der Waals surface area contributed by atoms with Gasteiger partial charge in [-0.2, -0.15) is 9.78 Å². The predicted molar refractivity (Wildman–Crippen MR) is 108 cm³/mol. The van der Waals surface area contributed by atoms with Crippen LogP contribution in [0, 0.1) is 6.92 Å². The molecule has 1 aromatic carbocycles. The van der Waals surface area contributed by atoms with E-state index in [2.05, 4.69) is 27.5 Å². The van der Waals surface area contributed by atoms with Crippen LogP contribution in [0.3, 0.4) is 0 Å². The van der Waals surface area contributed by atoms with Gasteiger partial charge in [0.05, 0.1) is 23.6 Å². The number of halogens is 2. The molecule has 26 heavy (non-hydrogen) atoms. The molecular formula is C19H17Cl2N3OS. The van der Waals surface area contributed by atoms with E-state index in [9.17, 15) is 4.79 Å². The molecule has 4 nitrogen and oxygen atoms in total. The molecule has 0 aliphatic carbocycles. The van der Waals surface area contributed by atoms with Crippen LogP contribution < -0.4 is 10.5 Å². The third kappa shape index (κ3) is 3.04. The van der Waals surface area contributed by atoms with Gasteiger partial charge in [-0.1, -0.05) is 35.3 Å². The van der Waals surface area contributed by atoms with Crippen LogP contribution in [0.5, 0.6) is 0 Å². The summed E-state index contributed by atoms with van der Waals surface area (Å²) in [6.45, 7) is 2.78. The normalized spacial score (nSPS) is 17.0. The molecule has 7 heteroatoms. The lowest BCUT2D eigenvalue weighted by Crippen LogP contribution is -2.28. The monoisotopic (exact) mass is 405 g/mol. The van der Waals surface area contributed by atoms with Crippen LogP contribution in [0.1, 0.15) is 29.3 Å². The number of aromatic nitrogens is 2. The highest BCUT2D eigenvalue weighted by Crippen LogP contribution is 2.39. The summed E-state index contributed by atoms with van der Waals surface area (Å²) < 4.78 is 1.30. The van der Waals surface area contributed by atoms with Crippen LogP contribution >= 0.6 is 34.5 Å². The second-order valence-corrected chi connectivity index (χ2v) is 8.13. The summed E-state index contributed by atoms with van der Waals surface area (Å²) in [5.74, 6) is 0. The molecule has 0 N–H and O–H groups in total. The van der Waals surface area contributed by atoms with Crippen molar-refractivity contribution in [2.45, 2.75) is 25.8 Å². The molecule has 134 valence electrons. The summed E-state index contributed by atoms with van der Waals surface area (Å²) >= 11 is 14.4. The van der Waals surface area contributed by atoms with Crippen molar-refractivity contribution in [2.24, 2.45) is 0 Å². The van der Waals surface area contributed by atoms with E-state index in [0.717, 1.165) is 24.9 Å². The molecule has 1 aliphatic heterocycles. The number of hydrogen-bond acceptors (Lipinski definition) is 4. The van der Waals surface area contributed by atoms with Gasteiger partial charge < -0.3 is 4.90 Å². The Labute approximate surface area is 165 Å². The van der Waals surface area contributed by atoms with Crippen LogP contribution in [0.2, 0.25) is 10.0 Å². The zero-order valence-electron chi connectivity index (χ0n) is 14.2. The number of rotatable bonds is 3. The van der Waals surface area contributed by atoms with Gasteiger partial charge in [-0.15, -0.1) is 11.3 Å². The quantitative estimate of drug-likeness (QED) is 0.596. The van der Waals surface area contributed by atoms with E-state index in [4.69, 9.17) is 23.2 Å². The van der Waals surface area contributed by atoms with E-state index in [0.29, 0.717) is 16.4 Å². The highest BCUT2D eigenvalue weighted by molar-refractivity contribution is 7.10. The van der Waals surface area contributed by atoms with Gasteiger partial charge in [0.1, 0.15) is 5.02 Å². The summed E-state index contributed by atoms with van der Waals surface area (Å²) in [4.78, 5) is 16.3. The van der Waals surface area contributed by atoms with Crippen molar-refractivity contribution in [3.8, 4) is 5.69 Å². The van der Waals surface area contributed by atoms with Gasteiger partial charge in [0.2, 0.25) is 0 Å². The fraction of sp³-hybridized carbons (Fsp3) is 0.263. The van der Waals surface area contributed by atoms with Crippen molar-refractivity contribution in [1.29, 1.82) is 0 Å². The maximum atomic E-state index is 12.8. The van der Waals surface area contributed by atoms with Crippen LogP contribution in [-0.2, 0) is 0 Å². The van der Waals surface area contributed by atoms with Gasteiger partial charge in [0, 0.05) is 16.4 Å². The molecule has 2 aromatic heterocycles. The fourth-order valence-electron chi connectivity index (χ4n) is 3.35. The highest BCUT2D eigenvalue weighted by Gasteiger charge is 2.29. The summed E-state index contributed by atoms with van der Waals surface area (Å²) in [5.41, 5.74) is 1.92. The zero-order chi connectivity index (χ0) is 18.3. The van der Waals surface area contributed by atoms with Gasteiger partial charge in [0.15, 0.2) is 0 Å². The first-order chi connectivity index (χ1) is 12.6. The Balaban J connectivity index is 1.74. The number of thiophene rings is 1. The van der Waals surface area contributed by atoms with E-state index in [-0.39, 0.29) is 16.6 Å². The first-order valence-electron chi connectivity index (χ1n) is 8.40. The Hall–Kier alpha value is -1.82. The lowest BCUT2D eigenvalue weighted by molar-refractivity contribution is 0.722. The van der Waals surface area contributed by atoms with Crippen molar-refractivity contribution in [3.05, 3.63) is 72.7 Å². The highest BCUT2D eigenvalue weighted by atomic mass is 35.5. The minimum absolute atomic E-state index is 0.195. The van der Waals surface area contributed by atoms with Gasteiger partial charge >= 0.3 is 0 Å². The average molecular weight is 406 g/mol. The predicted octanol–water partition coefficient (Wildman–Crippen LogP) is 5.25. The third-order valence-electron chi connectivity index (χ3n) is 4.73. The van der Waals surface area contributed by atoms with E-state index in [1.54, 1.807) is 23.6 Å². The largest absolute Gasteiger partial charge is 0.361 e. The maximum Gasteiger partial charge on any atom is 0.292 e. The summed E-state index contributed by atoms with van der Waals surface area (Å²) in [6, 6.07) is 9.83. The van der Waals surface area contributed by atoms with Gasteiger partial charge in [-0.05, 0) is 48.9 Å². The Kier molecular flexibility index (Phi) is 4.78. The topological polar surface area (TPSA) is 38.1 Å². The number of anilines is 1. The fourth-order valence-corrected chi connectivity index (χ4v) is 4.64. The van der Waals surface area contributed by atoms with Crippen molar-refractivity contribution in [3.63, 3.8) is 0 Å². The molecule has 3 heterocycles. The molecular weight excluding hydrogens is 389 g/mol. The molecule has 1 saturated heterocycles. The molecule has 4 rings (SSSR count). The second kappa shape index (κ2) is 7.06. The second-order valence-electron chi connectivity index (χ2n) is 6.36. The molecule has 0 bridgehead atoms. The van der Waals surface area contributed by atoms with Crippen molar-refractivity contribution >= 4 is 40.2 Å². The molecule has 1 fully saturated rings. The van der Waals surface area contributed by atoms with E-state index in [1.165, 1.54) is 9.56 Å². The molecule has 1 atom stereocenters. The van der Waals surface area contributed by atoms with Crippen molar-refractivity contribution in [1.82, 2.24) is 9.78 Å². The molecule has 1 unspecified atom stereocenters. The molecule has 0 radical (unpaired) electrons. The van der Waals surface area contributed by atoms with Gasteiger partial charge in [-0.25, -0.2) is 0 Å². The van der Waals surface area contributed by atoms with E-state index < -0.39 is 0 Å². The molecule has 3 aromatic rings.